The predicted molar refractivity (Wildman–Crippen MR) is 74.9 cm³/mol. The molecule has 1 saturated heterocycles. The van der Waals surface area contributed by atoms with Crippen LogP contribution in [-0.4, -0.2) is 41.4 Å². The lowest BCUT2D eigenvalue weighted by Crippen LogP contribution is -2.34. The molecular formula is C11H16N4O5S. The van der Waals surface area contributed by atoms with E-state index in [2.05, 4.69) is 5.43 Å². The molecule has 10 heteroatoms. The number of nitrogen functional groups attached to an aromatic ring is 1. The number of benzene rings is 1. The zero-order valence-corrected chi connectivity index (χ0v) is 12.1. The third-order valence-electron chi connectivity index (χ3n) is 3.38. The molecule has 1 heterocycles. The molecule has 1 atom stereocenters. The summed E-state index contributed by atoms with van der Waals surface area (Å²) in [7, 11) is -3.89. The van der Waals surface area contributed by atoms with Gasteiger partial charge in [-0.15, -0.1) is 0 Å². The standard InChI is InChI=1S/C11H16N4O5S/c1-11(16)4-5-14(7-11)21(19,20)8-2-3-9(13-12)10(6-8)15(17)18/h2-3,6,13,16H,4-5,7,12H2,1H3. The number of nitro benzene ring substituents is 1. The fraction of sp³-hybridized carbons (Fsp3) is 0.455. The van der Waals surface area contributed by atoms with Crippen LogP contribution in [0.5, 0.6) is 0 Å². The molecule has 0 amide bonds. The van der Waals surface area contributed by atoms with Crippen molar-refractivity contribution in [2.24, 2.45) is 5.84 Å². The molecule has 1 aliphatic heterocycles. The van der Waals surface area contributed by atoms with Crippen molar-refractivity contribution in [1.82, 2.24) is 4.31 Å². The van der Waals surface area contributed by atoms with Crippen molar-refractivity contribution in [3.05, 3.63) is 28.3 Å². The van der Waals surface area contributed by atoms with Crippen LogP contribution >= 0.6 is 0 Å². The summed E-state index contributed by atoms with van der Waals surface area (Å²) in [5.74, 6) is 5.16. The molecule has 0 saturated carbocycles. The predicted octanol–water partition coefficient (Wildman–Crippen LogP) is 0.0258. The molecule has 2 rings (SSSR count). The summed E-state index contributed by atoms with van der Waals surface area (Å²) < 4.78 is 26.0. The maximum absolute atomic E-state index is 12.4. The average molecular weight is 316 g/mol. The van der Waals surface area contributed by atoms with Crippen LogP contribution in [0, 0.1) is 10.1 Å². The van der Waals surface area contributed by atoms with Crippen molar-refractivity contribution < 1.29 is 18.4 Å². The minimum atomic E-state index is -3.89. The van der Waals surface area contributed by atoms with E-state index in [-0.39, 0.29) is 23.7 Å². The van der Waals surface area contributed by atoms with Gasteiger partial charge in [0.2, 0.25) is 10.0 Å². The van der Waals surface area contributed by atoms with Crippen molar-refractivity contribution in [1.29, 1.82) is 0 Å². The van der Waals surface area contributed by atoms with Gasteiger partial charge in [0.15, 0.2) is 0 Å². The number of hydrogen-bond donors (Lipinski definition) is 3. The van der Waals surface area contributed by atoms with E-state index >= 15 is 0 Å². The number of hydrogen-bond acceptors (Lipinski definition) is 7. The maximum Gasteiger partial charge on any atom is 0.294 e. The van der Waals surface area contributed by atoms with E-state index in [1.165, 1.54) is 12.1 Å². The minimum Gasteiger partial charge on any atom is -0.389 e. The van der Waals surface area contributed by atoms with Crippen LogP contribution in [0.15, 0.2) is 23.1 Å². The summed E-state index contributed by atoms with van der Waals surface area (Å²) in [4.78, 5) is 10.0. The number of sulfonamides is 1. The Morgan fingerprint density at radius 2 is 2.19 bits per heavy atom. The minimum absolute atomic E-state index is 0.0207. The molecule has 1 unspecified atom stereocenters. The van der Waals surface area contributed by atoms with Crippen LogP contribution in [0.4, 0.5) is 11.4 Å². The lowest BCUT2D eigenvalue weighted by atomic mass is 10.1. The van der Waals surface area contributed by atoms with Crippen molar-refractivity contribution in [2.75, 3.05) is 18.5 Å². The van der Waals surface area contributed by atoms with Gasteiger partial charge in [-0.3, -0.25) is 16.0 Å². The van der Waals surface area contributed by atoms with Gasteiger partial charge >= 0.3 is 0 Å². The fourth-order valence-electron chi connectivity index (χ4n) is 2.20. The molecule has 0 bridgehead atoms. The van der Waals surface area contributed by atoms with Gasteiger partial charge in [0.05, 0.1) is 15.4 Å². The molecule has 4 N–H and O–H groups in total. The van der Waals surface area contributed by atoms with Crippen LogP contribution in [0.1, 0.15) is 13.3 Å². The average Bonchev–Trinajstić information content (AvgIpc) is 2.78. The third-order valence-corrected chi connectivity index (χ3v) is 5.22. The van der Waals surface area contributed by atoms with Crippen LogP contribution in [0.3, 0.4) is 0 Å². The van der Waals surface area contributed by atoms with Crippen LogP contribution in [-0.2, 0) is 10.0 Å². The number of nitrogens with two attached hydrogens (primary N) is 1. The second-order valence-electron chi connectivity index (χ2n) is 5.17. The molecular weight excluding hydrogens is 300 g/mol. The zero-order valence-electron chi connectivity index (χ0n) is 11.3. The SMILES string of the molecule is CC1(O)CCN(S(=O)(=O)c2ccc(NN)c([N+](=O)[O-])c2)C1. The number of nitrogens with one attached hydrogen (secondary N) is 1. The number of anilines is 1. The number of rotatable bonds is 4. The van der Waals surface area contributed by atoms with Gasteiger partial charge in [-0.05, 0) is 25.5 Å². The first kappa shape index (κ1) is 15.6. The Kier molecular flexibility index (Phi) is 3.89. The summed E-state index contributed by atoms with van der Waals surface area (Å²) >= 11 is 0. The van der Waals surface area contributed by atoms with Crippen LogP contribution in [0.25, 0.3) is 0 Å². The smallest absolute Gasteiger partial charge is 0.294 e. The molecule has 1 aromatic carbocycles. The van der Waals surface area contributed by atoms with E-state index in [4.69, 9.17) is 5.84 Å². The van der Waals surface area contributed by atoms with Crippen molar-refractivity contribution in [3.8, 4) is 0 Å². The monoisotopic (exact) mass is 316 g/mol. The van der Waals surface area contributed by atoms with E-state index in [0.717, 1.165) is 10.4 Å². The maximum atomic E-state index is 12.4. The molecule has 0 aromatic heterocycles. The van der Waals surface area contributed by atoms with Gasteiger partial charge in [0.1, 0.15) is 5.69 Å². The van der Waals surface area contributed by atoms with Crippen molar-refractivity contribution >= 4 is 21.4 Å². The van der Waals surface area contributed by atoms with Gasteiger partial charge in [0, 0.05) is 19.2 Å². The molecule has 1 aliphatic rings. The molecule has 1 fully saturated rings. The number of nitrogens with zero attached hydrogens (tertiary/aromatic N) is 2. The fourth-order valence-corrected chi connectivity index (χ4v) is 3.78. The first-order valence-corrected chi connectivity index (χ1v) is 7.59. The topological polar surface area (TPSA) is 139 Å². The number of nitro groups is 1. The molecule has 21 heavy (non-hydrogen) atoms. The second kappa shape index (κ2) is 5.22. The highest BCUT2D eigenvalue weighted by molar-refractivity contribution is 7.89. The number of hydrazine groups is 1. The summed E-state index contributed by atoms with van der Waals surface area (Å²) in [5.41, 5.74) is 0.657. The summed E-state index contributed by atoms with van der Waals surface area (Å²) in [6, 6.07) is 3.43. The lowest BCUT2D eigenvalue weighted by Gasteiger charge is -2.19. The Balaban J connectivity index is 2.42. The van der Waals surface area contributed by atoms with E-state index in [0.29, 0.717) is 6.42 Å². The Bertz CT molecular complexity index is 673. The number of aliphatic hydroxyl groups is 1. The highest BCUT2D eigenvalue weighted by Crippen LogP contribution is 2.31. The molecule has 9 nitrogen and oxygen atoms in total. The van der Waals surface area contributed by atoms with Crippen molar-refractivity contribution in [2.45, 2.75) is 23.8 Å². The van der Waals surface area contributed by atoms with E-state index < -0.39 is 26.2 Å². The first-order valence-electron chi connectivity index (χ1n) is 6.15. The molecule has 0 aliphatic carbocycles. The summed E-state index contributed by atoms with van der Waals surface area (Å²) in [6.45, 7) is 1.67. The molecule has 116 valence electrons. The number of β-amino-alcohol motifs (C(OH)–C–C–N with tert-alkyl or cyclic N) is 1. The Morgan fingerprint density at radius 3 is 2.67 bits per heavy atom. The molecule has 0 radical (unpaired) electrons. The van der Waals surface area contributed by atoms with Gasteiger partial charge in [-0.25, -0.2) is 8.42 Å². The Labute approximate surface area is 121 Å². The van der Waals surface area contributed by atoms with Gasteiger partial charge in [-0.2, -0.15) is 4.31 Å². The van der Waals surface area contributed by atoms with Crippen molar-refractivity contribution in [3.63, 3.8) is 0 Å². The largest absolute Gasteiger partial charge is 0.389 e. The second-order valence-corrected chi connectivity index (χ2v) is 7.10. The lowest BCUT2D eigenvalue weighted by molar-refractivity contribution is -0.384. The third kappa shape index (κ3) is 2.97. The zero-order chi connectivity index (χ0) is 15.8. The van der Waals surface area contributed by atoms with Gasteiger partial charge < -0.3 is 10.5 Å². The summed E-state index contributed by atoms with van der Waals surface area (Å²) in [5, 5.41) is 20.8. The first-order chi connectivity index (χ1) is 9.67. The molecule has 0 spiro atoms. The van der Waals surface area contributed by atoms with Crippen LogP contribution in [0.2, 0.25) is 0 Å². The Hall–Kier alpha value is -1.75. The van der Waals surface area contributed by atoms with E-state index in [1.54, 1.807) is 6.92 Å². The van der Waals surface area contributed by atoms with Crippen LogP contribution < -0.4 is 11.3 Å². The summed E-state index contributed by atoms with van der Waals surface area (Å²) in [6.07, 6.45) is 0.316. The van der Waals surface area contributed by atoms with Gasteiger partial charge in [0.25, 0.3) is 5.69 Å². The quantitative estimate of drug-likeness (QED) is 0.404. The molecule has 1 aromatic rings. The normalized spacial score (nSPS) is 23.2. The van der Waals surface area contributed by atoms with Gasteiger partial charge in [-0.1, -0.05) is 0 Å². The van der Waals surface area contributed by atoms with E-state index in [1.807, 2.05) is 0 Å². The highest BCUT2D eigenvalue weighted by atomic mass is 32.2. The Morgan fingerprint density at radius 1 is 1.52 bits per heavy atom. The van der Waals surface area contributed by atoms with E-state index in [9.17, 15) is 23.6 Å². The highest BCUT2D eigenvalue weighted by Gasteiger charge is 2.39.